The lowest BCUT2D eigenvalue weighted by Gasteiger charge is -2.15. The van der Waals surface area contributed by atoms with E-state index in [-0.39, 0.29) is 0 Å². The zero-order valence-electron chi connectivity index (χ0n) is 13.6. The average Bonchev–Trinajstić information content (AvgIpc) is 2.66. The fraction of sp³-hybridized carbons (Fsp3) is 0.0435. The first kappa shape index (κ1) is 14.5. The molecule has 4 aromatic rings. The van der Waals surface area contributed by atoms with Crippen molar-refractivity contribution < 1.29 is 4.74 Å². The van der Waals surface area contributed by atoms with Crippen LogP contribution in [0.2, 0.25) is 0 Å². The third-order valence-corrected chi connectivity index (χ3v) is 4.55. The second-order valence-corrected chi connectivity index (χ2v) is 5.82. The summed E-state index contributed by atoms with van der Waals surface area (Å²) in [6.45, 7) is 4.01. The van der Waals surface area contributed by atoms with Crippen molar-refractivity contribution in [3.63, 3.8) is 0 Å². The summed E-state index contributed by atoms with van der Waals surface area (Å²) in [4.78, 5) is 0. The minimum absolute atomic E-state index is 0.898. The molecule has 116 valence electrons. The van der Waals surface area contributed by atoms with E-state index < -0.39 is 0 Å². The number of ether oxygens (including phenoxy) is 1. The maximum atomic E-state index is 5.54. The average molecular weight is 310 g/mol. The van der Waals surface area contributed by atoms with Crippen molar-refractivity contribution in [3.8, 4) is 16.9 Å². The van der Waals surface area contributed by atoms with Gasteiger partial charge in [0.25, 0.3) is 0 Å². The SMILES string of the molecule is C=Cc1ccc2ccccc2c1-c1ccc(OC)c2ccccc12. The molecule has 0 saturated carbocycles. The Morgan fingerprint density at radius 3 is 2.21 bits per heavy atom. The number of methoxy groups -OCH3 is 1. The van der Waals surface area contributed by atoms with Crippen LogP contribution in [0.3, 0.4) is 0 Å². The highest BCUT2D eigenvalue weighted by Crippen LogP contribution is 2.39. The normalized spacial score (nSPS) is 10.9. The van der Waals surface area contributed by atoms with E-state index in [0.29, 0.717) is 0 Å². The van der Waals surface area contributed by atoms with Crippen LogP contribution >= 0.6 is 0 Å². The van der Waals surface area contributed by atoms with Crippen LogP contribution in [-0.2, 0) is 0 Å². The summed E-state index contributed by atoms with van der Waals surface area (Å²) in [6.07, 6.45) is 1.93. The van der Waals surface area contributed by atoms with Gasteiger partial charge in [0.2, 0.25) is 0 Å². The molecule has 0 radical (unpaired) electrons. The van der Waals surface area contributed by atoms with Crippen LogP contribution in [-0.4, -0.2) is 7.11 Å². The van der Waals surface area contributed by atoms with Crippen molar-refractivity contribution >= 4 is 27.6 Å². The molecule has 1 nitrogen and oxygen atoms in total. The molecular formula is C23H18O. The third kappa shape index (κ3) is 2.17. The van der Waals surface area contributed by atoms with Crippen molar-refractivity contribution in [2.75, 3.05) is 7.11 Å². The molecular weight excluding hydrogens is 292 g/mol. The molecule has 0 aliphatic heterocycles. The lowest BCUT2D eigenvalue weighted by atomic mass is 9.90. The Morgan fingerprint density at radius 2 is 1.46 bits per heavy atom. The summed E-state index contributed by atoms with van der Waals surface area (Å²) >= 11 is 0. The van der Waals surface area contributed by atoms with Crippen molar-refractivity contribution in [1.29, 1.82) is 0 Å². The van der Waals surface area contributed by atoms with Gasteiger partial charge in [-0.05, 0) is 38.9 Å². The van der Waals surface area contributed by atoms with E-state index in [9.17, 15) is 0 Å². The molecule has 0 spiro atoms. The highest BCUT2D eigenvalue weighted by molar-refractivity contribution is 6.09. The molecule has 4 rings (SSSR count). The van der Waals surface area contributed by atoms with E-state index >= 15 is 0 Å². The Morgan fingerprint density at radius 1 is 0.750 bits per heavy atom. The molecule has 1 heteroatoms. The van der Waals surface area contributed by atoms with Crippen LogP contribution < -0.4 is 4.74 Å². The predicted octanol–water partition coefficient (Wildman–Crippen LogP) is 6.31. The minimum Gasteiger partial charge on any atom is -0.496 e. The van der Waals surface area contributed by atoms with Gasteiger partial charge in [-0.25, -0.2) is 0 Å². The molecule has 24 heavy (non-hydrogen) atoms. The van der Waals surface area contributed by atoms with Crippen molar-refractivity contribution in [1.82, 2.24) is 0 Å². The Bertz CT molecular complexity index is 1060. The third-order valence-electron chi connectivity index (χ3n) is 4.55. The van der Waals surface area contributed by atoms with Gasteiger partial charge in [-0.3, -0.25) is 0 Å². The van der Waals surface area contributed by atoms with Crippen LogP contribution in [0.5, 0.6) is 5.75 Å². The summed E-state index contributed by atoms with van der Waals surface area (Å²) < 4.78 is 5.54. The molecule has 0 aromatic heterocycles. The minimum atomic E-state index is 0.898. The number of hydrogen-bond acceptors (Lipinski definition) is 1. The Balaban J connectivity index is 2.16. The van der Waals surface area contributed by atoms with Crippen LogP contribution in [0.25, 0.3) is 38.7 Å². The maximum Gasteiger partial charge on any atom is 0.126 e. The summed E-state index contributed by atoms with van der Waals surface area (Å²) in [6, 6.07) is 25.4. The second kappa shape index (κ2) is 5.86. The fourth-order valence-electron chi connectivity index (χ4n) is 3.43. The number of rotatable bonds is 3. The van der Waals surface area contributed by atoms with Gasteiger partial charge in [-0.1, -0.05) is 79.4 Å². The van der Waals surface area contributed by atoms with Crippen molar-refractivity contribution in [2.24, 2.45) is 0 Å². The number of fused-ring (bicyclic) bond motifs is 2. The van der Waals surface area contributed by atoms with Crippen LogP contribution in [0, 0.1) is 0 Å². The molecule has 0 N–H and O–H groups in total. The predicted molar refractivity (Wildman–Crippen MR) is 104 cm³/mol. The van der Waals surface area contributed by atoms with Crippen LogP contribution in [0.1, 0.15) is 5.56 Å². The maximum absolute atomic E-state index is 5.54. The van der Waals surface area contributed by atoms with Crippen molar-refractivity contribution in [2.45, 2.75) is 0 Å². The quantitative estimate of drug-likeness (QED) is 0.431. The Kier molecular flexibility index (Phi) is 3.55. The van der Waals surface area contributed by atoms with E-state index in [1.807, 2.05) is 18.2 Å². The number of hydrogen-bond donors (Lipinski definition) is 0. The van der Waals surface area contributed by atoms with E-state index in [2.05, 4.69) is 67.2 Å². The van der Waals surface area contributed by atoms with Crippen LogP contribution in [0.15, 0.2) is 79.4 Å². The van der Waals surface area contributed by atoms with Gasteiger partial charge < -0.3 is 4.74 Å². The van der Waals surface area contributed by atoms with Gasteiger partial charge in [-0.2, -0.15) is 0 Å². The molecule has 0 saturated heterocycles. The van der Waals surface area contributed by atoms with Gasteiger partial charge >= 0.3 is 0 Å². The van der Waals surface area contributed by atoms with Gasteiger partial charge in [0.05, 0.1) is 7.11 Å². The summed E-state index contributed by atoms with van der Waals surface area (Å²) in [5.41, 5.74) is 3.57. The van der Waals surface area contributed by atoms with Gasteiger partial charge in [0, 0.05) is 5.39 Å². The zero-order valence-corrected chi connectivity index (χ0v) is 13.6. The van der Waals surface area contributed by atoms with E-state index in [4.69, 9.17) is 4.74 Å². The first-order valence-electron chi connectivity index (χ1n) is 8.04. The van der Waals surface area contributed by atoms with E-state index in [1.165, 1.54) is 27.3 Å². The topological polar surface area (TPSA) is 9.23 Å². The largest absolute Gasteiger partial charge is 0.496 e. The standard InChI is InChI=1S/C23H18O/c1-3-16-12-13-17-8-4-5-9-18(17)23(16)21-14-15-22(24-2)20-11-7-6-10-19(20)21/h3-15H,1H2,2H3. The lowest BCUT2D eigenvalue weighted by molar-refractivity contribution is 0.420. The zero-order chi connectivity index (χ0) is 16.5. The van der Waals surface area contributed by atoms with Crippen LogP contribution in [0.4, 0.5) is 0 Å². The Labute approximate surface area is 141 Å². The lowest BCUT2D eigenvalue weighted by Crippen LogP contribution is -1.91. The molecule has 0 amide bonds. The fourth-order valence-corrected chi connectivity index (χ4v) is 3.43. The van der Waals surface area contributed by atoms with Gasteiger partial charge in [0.15, 0.2) is 0 Å². The second-order valence-electron chi connectivity index (χ2n) is 5.82. The Hall–Kier alpha value is -3.06. The monoisotopic (exact) mass is 310 g/mol. The molecule has 0 aliphatic rings. The van der Waals surface area contributed by atoms with E-state index in [1.54, 1.807) is 7.11 Å². The molecule has 0 aliphatic carbocycles. The molecule has 0 heterocycles. The molecule has 0 fully saturated rings. The van der Waals surface area contributed by atoms with Crippen molar-refractivity contribution in [3.05, 3.63) is 84.9 Å². The van der Waals surface area contributed by atoms with Gasteiger partial charge in [-0.15, -0.1) is 0 Å². The highest BCUT2D eigenvalue weighted by Gasteiger charge is 2.13. The molecule has 0 unspecified atom stereocenters. The smallest absolute Gasteiger partial charge is 0.126 e. The molecule has 0 bridgehead atoms. The number of benzene rings is 4. The first-order valence-corrected chi connectivity index (χ1v) is 8.04. The summed E-state index contributed by atoms with van der Waals surface area (Å²) in [5, 5.41) is 4.79. The molecule has 4 aromatic carbocycles. The first-order chi connectivity index (χ1) is 11.8. The van der Waals surface area contributed by atoms with Gasteiger partial charge in [0.1, 0.15) is 5.75 Å². The summed E-state index contributed by atoms with van der Waals surface area (Å²) in [5.74, 6) is 0.898. The molecule has 0 atom stereocenters. The van der Waals surface area contributed by atoms with E-state index in [0.717, 1.165) is 16.7 Å². The highest BCUT2D eigenvalue weighted by atomic mass is 16.5. The summed E-state index contributed by atoms with van der Waals surface area (Å²) in [7, 11) is 1.72.